The van der Waals surface area contributed by atoms with Crippen LogP contribution < -0.4 is 4.90 Å². The van der Waals surface area contributed by atoms with Gasteiger partial charge >= 0.3 is 0 Å². The first kappa shape index (κ1) is 12.7. The summed E-state index contributed by atoms with van der Waals surface area (Å²) in [4.78, 5) is 15.7. The Morgan fingerprint density at radius 3 is 2.67 bits per heavy atom. The van der Waals surface area contributed by atoms with Gasteiger partial charge in [0.1, 0.15) is 12.0 Å². The summed E-state index contributed by atoms with van der Waals surface area (Å²) < 4.78 is 22.8. The molecule has 1 unspecified atom stereocenters. The lowest BCUT2D eigenvalue weighted by atomic mass is 10.2. The second-order valence-corrected chi connectivity index (χ2v) is 6.53. The number of aromatic nitrogens is 1. The zero-order chi connectivity index (χ0) is 13.3. The number of anilines is 1. The average molecular weight is 271 g/mol. The summed E-state index contributed by atoms with van der Waals surface area (Å²) in [6.07, 6.45) is 1.74. The van der Waals surface area contributed by atoms with Crippen molar-refractivity contribution < 1.29 is 13.3 Å². The lowest BCUT2D eigenvalue weighted by Gasteiger charge is -2.24. The Bertz CT molecular complexity index is 555. The Kier molecular flexibility index (Phi) is 3.20. The number of rotatable bonds is 3. The Morgan fingerprint density at radius 2 is 2.22 bits per heavy atom. The highest BCUT2D eigenvalue weighted by Gasteiger charge is 2.31. The molecule has 1 aromatic heterocycles. The monoisotopic (exact) mass is 271 g/mol. The molecule has 1 atom stereocenters. The van der Waals surface area contributed by atoms with Gasteiger partial charge in [0.25, 0.3) is 5.69 Å². The van der Waals surface area contributed by atoms with Crippen LogP contribution in [-0.2, 0) is 9.84 Å². The van der Waals surface area contributed by atoms with Crippen molar-refractivity contribution in [3.05, 3.63) is 28.4 Å². The summed E-state index contributed by atoms with van der Waals surface area (Å²) >= 11 is 0. The van der Waals surface area contributed by atoms with Crippen LogP contribution in [0, 0.1) is 10.1 Å². The molecule has 7 nitrogen and oxygen atoms in total. The van der Waals surface area contributed by atoms with Gasteiger partial charge in [-0.3, -0.25) is 10.1 Å². The molecule has 18 heavy (non-hydrogen) atoms. The first-order valence-corrected chi connectivity index (χ1v) is 7.25. The molecule has 98 valence electrons. The fourth-order valence-electron chi connectivity index (χ4n) is 1.96. The van der Waals surface area contributed by atoms with E-state index in [9.17, 15) is 18.5 Å². The summed E-state index contributed by atoms with van der Waals surface area (Å²) in [7, 11) is -1.20. The molecule has 0 aliphatic carbocycles. The molecule has 1 aliphatic heterocycles. The molecule has 0 amide bonds. The Morgan fingerprint density at radius 1 is 1.50 bits per heavy atom. The van der Waals surface area contributed by atoms with Crippen LogP contribution in [0.15, 0.2) is 18.3 Å². The Labute approximate surface area is 105 Å². The second kappa shape index (κ2) is 4.52. The smallest absolute Gasteiger partial charge is 0.287 e. The highest BCUT2D eigenvalue weighted by atomic mass is 32.2. The van der Waals surface area contributed by atoms with Crippen LogP contribution in [0.2, 0.25) is 0 Å². The third-order valence-corrected chi connectivity index (χ3v) is 4.81. The van der Waals surface area contributed by atoms with Crippen molar-refractivity contribution in [1.29, 1.82) is 0 Å². The molecule has 2 heterocycles. The summed E-state index contributed by atoms with van der Waals surface area (Å²) in [6.45, 7) is 0. The zero-order valence-electron chi connectivity index (χ0n) is 9.81. The zero-order valence-corrected chi connectivity index (χ0v) is 10.6. The van der Waals surface area contributed by atoms with E-state index in [1.54, 1.807) is 11.9 Å². The van der Waals surface area contributed by atoms with Gasteiger partial charge in [0.15, 0.2) is 9.84 Å². The summed E-state index contributed by atoms with van der Waals surface area (Å²) in [5.74, 6) is 0.847. The van der Waals surface area contributed by atoms with E-state index in [1.807, 2.05) is 0 Å². The first-order valence-electron chi connectivity index (χ1n) is 5.43. The Balaban J connectivity index is 2.14. The molecule has 0 spiro atoms. The number of hydrogen-bond acceptors (Lipinski definition) is 6. The molecule has 0 N–H and O–H groups in total. The third kappa shape index (κ3) is 2.58. The van der Waals surface area contributed by atoms with Crippen molar-refractivity contribution in [2.24, 2.45) is 0 Å². The van der Waals surface area contributed by atoms with Gasteiger partial charge in [-0.15, -0.1) is 0 Å². The van der Waals surface area contributed by atoms with Gasteiger partial charge in [-0.1, -0.05) is 0 Å². The molecule has 0 saturated carbocycles. The van der Waals surface area contributed by atoms with Crippen LogP contribution in [0.1, 0.15) is 6.42 Å². The largest absolute Gasteiger partial charge is 0.356 e. The van der Waals surface area contributed by atoms with E-state index < -0.39 is 14.8 Å². The normalized spacial score (nSPS) is 21.7. The fourth-order valence-corrected chi connectivity index (χ4v) is 3.74. The molecular weight excluding hydrogens is 258 g/mol. The number of nitro groups is 1. The van der Waals surface area contributed by atoms with E-state index in [-0.39, 0.29) is 23.2 Å². The van der Waals surface area contributed by atoms with Gasteiger partial charge in [-0.05, 0) is 12.5 Å². The van der Waals surface area contributed by atoms with Crippen molar-refractivity contribution >= 4 is 21.3 Å². The fraction of sp³-hybridized carbons (Fsp3) is 0.500. The van der Waals surface area contributed by atoms with Crippen molar-refractivity contribution in [2.45, 2.75) is 12.5 Å². The van der Waals surface area contributed by atoms with Gasteiger partial charge in [0.05, 0.1) is 16.4 Å². The third-order valence-electron chi connectivity index (χ3n) is 3.06. The van der Waals surface area contributed by atoms with Crippen molar-refractivity contribution in [3.8, 4) is 0 Å². The van der Waals surface area contributed by atoms with E-state index in [2.05, 4.69) is 4.98 Å². The highest BCUT2D eigenvalue weighted by molar-refractivity contribution is 7.91. The molecule has 0 bridgehead atoms. The van der Waals surface area contributed by atoms with Gasteiger partial charge in [-0.25, -0.2) is 13.4 Å². The minimum Gasteiger partial charge on any atom is -0.356 e. The van der Waals surface area contributed by atoms with E-state index in [4.69, 9.17) is 0 Å². The van der Waals surface area contributed by atoms with Gasteiger partial charge in [-0.2, -0.15) is 0 Å². The molecule has 0 radical (unpaired) electrons. The lowest BCUT2D eigenvalue weighted by Crippen LogP contribution is -2.33. The van der Waals surface area contributed by atoms with Crippen LogP contribution >= 0.6 is 0 Å². The van der Waals surface area contributed by atoms with Crippen LogP contribution in [0.25, 0.3) is 0 Å². The maximum atomic E-state index is 11.4. The topological polar surface area (TPSA) is 93.4 Å². The number of pyridine rings is 1. The van der Waals surface area contributed by atoms with Crippen LogP contribution in [-0.4, -0.2) is 42.9 Å². The van der Waals surface area contributed by atoms with Gasteiger partial charge in [0, 0.05) is 19.2 Å². The highest BCUT2D eigenvalue weighted by Crippen LogP contribution is 2.22. The molecule has 1 fully saturated rings. The maximum absolute atomic E-state index is 11.4. The Hall–Kier alpha value is -1.70. The molecule has 0 aromatic carbocycles. The first-order chi connectivity index (χ1) is 8.39. The molecule has 1 saturated heterocycles. The molecule has 1 aromatic rings. The van der Waals surface area contributed by atoms with E-state index >= 15 is 0 Å². The predicted octanol–water partition coefficient (Wildman–Crippen LogP) is 0.613. The molecular formula is C10H13N3O4S. The summed E-state index contributed by atoms with van der Waals surface area (Å²) in [5.41, 5.74) is -0.0776. The maximum Gasteiger partial charge on any atom is 0.287 e. The van der Waals surface area contributed by atoms with Crippen molar-refractivity contribution in [3.63, 3.8) is 0 Å². The summed E-state index contributed by atoms with van der Waals surface area (Å²) in [6, 6.07) is 2.79. The molecule has 1 aliphatic rings. The number of hydrogen-bond donors (Lipinski definition) is 0. The van der Waals surface area contributed by atoms with Crippen LogP contribution in [0.3, 0.4) is 0 Å². The van der Waals surface area contributed by atoms with E-state index in [0.29, 0.717) is 12.2 Å². The van der Waals surface area contributed by atoms with E-state index in [1.165, 1.54) is 18.3 Å². The molecule has 8 heteroatoms. The quantitative estimate of drug-likeness (QED) is 0.590. The van der Waals surface area contributed by atoms with E-state index in [0.717, 1.165) is 0 Å². The SMILES string of the molecule is CN(c1ccc([N+](=O)[O-])cn1)C1CCS(=O)(=O)C1. The minimum atomic E-state index is -2.95. The van der Waals surface area contributed by atoms with Crippen molar-refractivity contribution in [2.75, 3.05) is 23.5 Å². The number of sulfone groups is 1. The number of nitrogens with zero attached hydrogens (tertiary/aromatic N) is 3. The van der Waals surface area contributed by atoms with Crippen LogP contribution in [0.5, 0.6) is 0 Å². The second-order valence-electron chi connectivity index (χ2n) is 4.30. The minimum absolute atomic E-state index is 0.0776. The molecule has 2 rings (SSSR count). The van der Waals surface area contributed by atoms with Gasteiger partial charge < -0.3 is 4.90 Å². The average Bonchev–Trinajstić information content (AvgIpc) is 2.69. The standard InChI is InChI=1S/C10H13N3O4S/c1-12(9-4-5-18(16,17)7-9)10-3-2-8(6-11-10)13(14)15/h2-3,6,9H,4-5,7H2,1H3. The van der Waals surface area contributed by atoms with Gasteiger partial charge in [0.2, 0.25) is 0 Å². The lowest BCUT2D eigenvalue weighted by molar-refractivity contribution is -0.385. The van der Waals surface area contributed by atoms with Crippen LogP contribution in [0.4, 0.5) is 11.5 Å². The van der Waals surface area contributed by atoms with Crippen molar-refractivity contribution in [1.82, 2.24) is 4.98 Å². The predicted molar refractivity (Wildman–Crippen MR) is 66.4 cm³/mol. The summed E-state index contributed by atoms with van der Waals surface area (Å²) in [5, 5.41) is 10.5.